The van der Waals surface area contributed by atoms with Crippen LogP contribution in [0.5, 0.6) is 0 Å². The fraction of sp³-hybridized carbons (Fsp3) is 0.457. The van der Waals surface area contributed by atoms with E-state index in [1.54, 1.807) is 0 Å². The molecule has 6 aromatic carbocycles. The average Bonchev–Trinajstić information content (AvgIpc) is 1.60. The van der Waals surface area contributed by atoms with Crippen molar-refractivity contribution < 1.29 is 0 Å². The summed E-state index contributed by atoms with van der Waals surface area (Å²) < 4.78 is 10.4. The standard InChI is InChI=1S/C81H100N4S2/c1-5-8-11-14-17-20-23-26-29-36-51-83-71-42-35-33-40-63(71)67-58-77-69(59-75(67)83)65-55-61(44-46-73(65)85(77)53-38-31-28-25-22-19-16-13-10-7-3)79-48-50-81(87-79)80-49-47-78(86-80)60-43-45-72-64(54-60)68-56-74-66(62-39-32-34-41-70(62)82(74)4)57-76(68)84(72)52-37-30-27-24-21-18-15-12-9-6-2/h32-35,39-50,54-59H,5-31,36-38,51-53H2,1-4H3. The predicted molar refractivity (Wildman–Crippen MR) is 387 cm³/mol. The molecule has 12 aromatic rings. The summed E-state index contributed by atoms with van der Waals surface area (Å²) in [6.07, 6.45) is 40.7. The number of benzene rings is 6. The molecule has 0 aliphatic carbocycles. The lowest BCUT2D eigenvalue weighted by atomic mass is 10.1. The molecule has 0 unspecified atom stereocenters. The van der Waals surface area contributed by atoms with Crippen LogP contribution in [0.4, 0.5) is 0 Å². The quantitative estimate of drug-likeness (QED) is 0.0349. The van der Waals surface area contributed by atoms with Crippen LogP contribution in [-0.4, -0.2) is 18.3 Å². The summed E-state index contributed by atoms with van der Waals surface area (Å²) >= 11 is 3.89. The average molecular weight is 1190 g/mol. The van der Waals surface area contributed by atoms with E-state index in [4.69, 9.17) is 0 Å². The highest BCUT2D eigenvalue weighted by atomic mass is 32.1. The van der Waals surface area contributed by atoms with Crippen molar-refractivity contribution in [2.24, 2.45) is 7.05 Å². The Morgan fingerprint density at radius 2 is 0.529 bits per heavy atom. The van der Waals surface area contributed by atoms with E-state index in [2.05, 4.69) is 180 Å². The van der Waals surface area contributed by atoms with Gasteiger partial charge in [0.15, 0.2) is 0 Å². The molecule has 0 saturated carbocycles. The summed E-state index contributed by atoms with van der Waals surface area (Å²) in [5.74, 6) is 0. The van der Waals surface area contributed by atoms with Gasteiger partial charge < -0.3 is 18.3 Å². The number of hydrogen-bond donors (Lipinski definition) is 0. The number of rotatable bonds is 36. The van der Waals surface area contributed by atoms with Gasteiger partial charge in [-0.3, -0.25) is 0 Å². The molecule has 0 saturated heterocycles. The smallest absolute Gasteiger partial charge is 0.0499 e. The maximum Gasteiger partial charge on any atom is 0.0499 e. The highest BCUT2D eigenvalue weighted by Crippen LogP contribution is 2.45. The summed E-state index contributed by atoms with van der Waals surface area (Å²) in [7, 11) is 2.24. The summed E-state index contributed by atoms with van der Waals surface area (Å²) in [5, 5.41) is 11.0. The summed E-state index contributed by atoms with van der Waals surface area (Å²) in [6.45, 7) is 10.1. The van der Waals surface area contributed by atoms with Gasteiger partial charge in [0.2, 0.25) is 0 Å². The van der Waals surface area contributed by atoms with Crippen LogP contribution < -0.4 is 0 Å². The number of thiophene rings is 2. The normalized spacial score (nSPS) is 12.3. The van der Waals surface area contributed by atoms with Gasteiger partial charge in [-0.05, 0) is 115 Å². The Morgan fingerprint density at radius 1 is 0.241 bits per heavy atom. The second-order valence-corrected chi connectivity index (χ2v) is 28.3. The van der Waals surface area contributed by atoms with Crippen molar-refractivity contribution in [1.82, 2.24) is 18.3 Å². The lowest BCUT2D eigenvalue weighted by Crippen LogP contribution is -1.99. The van der Waals surface area contributed by atoms with Crippen LogP contribution in [0.1, 0.15) is 213 Å². The third-order valence-corrected chi connectivity index (χ3v) is 22.4. The zero-order valence-corrected chi connectivity index (χ0v) is 55.3. The first-order chi connectivity index (χ1) is 43.0. The van der Waals surface area contributed by atoms with Gasteiger partial charge in [0.05, 0.1) is 0 Å². The number of hydrogen-bond acceptors (Lipinski definition) is 2. The Labute approximate surface area is 529 Å². The molecule has 0 aliphatic heterocycles. The number of unbranched alkanes of at least 4 members (excludes halogenated alkanes) is 27. The minimum Gasteiger partial charge on any atom is -0.344 e. The second-order valence-electron chi connectivity index (χ2n) is 26.2. The van der Waals surface area contributed by atoms with Crippen LogP contribution in [0, 0.1) is 0 Å². The van der Waals surface area contributed by atoms with E-state index >= 15 is 0 Å². The van der Waals surface area contributed by atoms with E-state index in [0.717, 1.165) is 19.6 Å². The van der Waals surface area contributed by atoms with Crippen molar-refractivity contribution in [2.45, 2.75) is 233 Å². The molecular formula is C81H100N4S2. The van der Waals surface area contributed by atoms with Gasteiger partial charge in [0.25, 0.3) is 0 Å². The molecule has 0 bridgehead atoms. The molecule has 0 amide bonds. The third-order valence-electron chi connectivity index (χ3n) is 19.9. The Kier molecular flexibility index (Phi) is 21.1. The second kappa shape index (κ2) is 29.9. The SMILES string of the molecule is CCCCCCCCCCCCn1c2ccc(-c3ccc(-c4ccc(-c5ccc6c(c5)c5cc7c(cc5n6CCCCCCCCCCCC)c5ccccc5n7CCCCCCCCCCCC)s4)s3)cc2c2cc3c(cc21)c1ccccc1n3C. The highest BCUT2D eigenvalue weighted by molar-refractivity contribution is 7.25. The molecule has 456 valence electrons. The third kappa shape index (κ3) is 13.7. The summed E-state index contributed by atoms with van der Waals surface area (Å²) in [5.41, 5.74) is 13.5. The van der Waals surface area contributed by atoms with E-state index in [9.17, 15) is 0 Å². The van der Waals surface area contributed by atoms with E-state index in [1.807, 2.05) is 22.7 Å². The van der Waals surface area contributed by atoms with Crippen LogP contribution in [0.2, 0.25) is 0 Å². The molecule has 0 spiro atoms. The van der Waals surface area contributed by atoms with E-state index in [1.165, 1.54) is 310 Å². The van der Waals surface area contributed by atoms with Gasteiger partial charge in [0.1, 0.15) is 0 Å². The Hall–Kier alpha value is -6.08. The molecule has 6 heteroatoms. The van der Waals surface area contributed by atoms with Crippen molar-refractivity contribution in [1.29, 1.82) is 0 Å². The first-order valence-corrected chi connectivity index (χ1v) is 36.8. The van der Waals surface area contributed by atoms with Crippen LogP contribution in [0.3, 0.4) is 0 Å². The zero-order valence-electron chi connectivity index (χ0n) is 53.6. The summed E-state index contributed by atoms with van der Waals surface area (Å²) in [6, 6.07) is 52.6. The van der Waals surface area contributed by atoms with E-state index < -0.39 is 0 Å². The van der Waals surface area contributed by atoms with Gasteiger partial charge in [-0.1, -0.05) is 243 Å². The number of para-hydroxylation sites is 2. The number of fused-ring (bicyclic) bond motifs is 12. The lowest BCUT2D eigenvalue weighted by molar-refractivity contribution is 0.541. The van der Waals surface area contributed by atoms with Crippen LogP contribution in [0.15, 0.2) is 133 Å². The number of aromatic nitrogens is 4. The van der Waals surface area contributed by atoms with Gasteiger partial charge >= 0.3 is 0 Å². The fourth-order valence-electron chi connectivity index (χ4n) is 14.9. The predicted octanol–water partition coefficient (Wildman–Crippen LogP) is 26.5. The van der Waals surface area contributed by atoms with E-state index in [-0.39, 0.29) is 0 Å². The topological polar surface area (TPSA) is 19.7 Å². The largest absolute Gasteiger partial charge is 0.344 e. The molecule has 0 radical (unpaired) electrons. The Bertz CT molecular complexity index is 4180. The molecule has 0 atom stereocenters. The molecule has 87 heavy (non-hydrogen) atoms. The van der Waals surface area contributed by atoms with Crippen molar-refractivity contribution >= 4 is 110 Å². The van der Waals surface area contributed by atoms with Crippen molar-refractivity contribution in [3.8, 4) is 30.6 Å². The van der Waals surface area contributed by atoms with Gasteiger partial charge in [-0.2, -0.15) is 0 Å². The lowest BCUT2D eigenvalue weighted by Gasteiger charge is -2.09. The Morgan fingerprint density at radius 3 is 0.931 bits per heavy atom. The van der Waals surface area contributed by atoms with Crippen molar-refractivity contribution in [2.75, 3.05) is 0 Å². The maximum absolute atomic E-state index is 2.69. The molecular weight excluding hydrogens is 1090 g/mol. The molecule has 0 N–H and O–H groups in total. The minimum absolute atomic E-state index is 1.05. The number of nitrogens with zero attached hydrogens (tertiary/aromatic N) is 4. The summed E-state index contributed by atoms with van der Waals surface area (Å²) in [4.78, 5) is 5.35. The first-order valence-electron chi connectivity index (χ1n) is 35.1. The number of aryl methyl sites for hydroxylation is 4. The van der Waals surface area contributed by atoms with Crippen LogP contribution in [-0.2, 0) is 26.7 Å². The van der Waals surface area contributed by atoms with Gasteiger partial charge in [-0.15, -0.1) is 22.7 Å². The Balaban J connectivity index is 0.812. The molecule has 0 aliphatic rings. The van der Waals surface area contributed by atoms with Crippen LogP contribution >= 0.6 is 22.7 Å². The molecule has 0 fully saturated rings. The first kappa shape index (κ1) is 61.2. The maximum atomic E-state index is 2.69. The van der Waals surface area contributed by atoms with E-state index in [0.29, 0.717) is 0 Å². The molecule has 4 nitrogen and oxygen atoms in total. The van der Waals surface area contributed by atoms with Crippen LogP contribution in [0.25, 0.3) is 118 Å². The molecule has 12 rings (SSSR count). The molecule has 6 heterocycles. The zero-order chi connectivity index (χ0) is 59.3. The van der Waals surface area contributed by atoms with Crippen molar-refractivity contribution in [3.05, 3.63) is 133 Å². The van der Waals surface area contributed by atoms with Crippen molar-refractivity contribution in [3.63, 3.8) is 0 Å². The minimum atomic E-state index is 1.05. The monoisotopic (exact) mass is 1190 g/mol. The highest BCUT2D eigenvalue weighted by Gasteiger charge is 2.21. The van der Waals surface area contributed by atoms with Gasteiger partial charge in [-0.25, -0.2) is 0 Å². The fourth-order valence-corrected chi connectivity index (χ4v) is 17.0. The van der Waals surface area contributed by atoms with Gasteiger partial charge in [0, 0.05) is 133 Å². The molecule has 6 aromatic heterocycles.